The van der Waals surface area contributed by atoms with Crippen molar-refractivity contribution in [2.24, 2.45) is 5.73 Å². The highest BCUT2D eigenvalue weighted by Crippen LogP contribution is 2.30. The van der Waals surface area contributed by atoms with Crippen LogP contribution in [-0.4, -0.2) is 10.9 Å². The van der Waals surface area contributed by atoms with Crippen molar-refractivity contribution in [1.82, 2.24) is 4.98 Å². The number of nitrogens with one attached hydrogen (secondary N) is 1. The Morgan fingerprint density at radius 3 is 2.56 bits per heavy atom. The number of hydrogen-bond donors (Lipinski definition) is 2. The number of primary amides is 1. The molecule has 0 spiro atoms. The Bertz CT molecular complexity index is 1070. The lowest BCUT2D eigenvalue weighted by Gasteiger charge is -2.02. The van der Waals surface area contributed by atoms with Crippen LogP contribution in [0.25, 0.3) is 16.8 Å². The minimum atomic E-state index is -0.493. The number of nitriles is 1. The van der Waals surface area contributed by atoms with E-state index >= 15 is 0 Å². The summed E-state index contributed by atoms with van der Waals surface area (Å²) < 4.78 is 0. The van der Waals surface area contributed by atoms with Crippen LogP contribution in [0.2, 0.25) is 10.0 Å². The predicted molar refractivity (Wildman–Crippen MR) is 110 cm³/mol. The Balaban J connectivity index is 1.80. The average molecular weight is 415 g/mol. The van der Waals surface area contributed by atoms with Gasteiger partial charge in [-0.15, -0.1) is 11.3 Å². The van der Waals surface area contributed by atoms with Gasteiger partial charge < -0.3 is 11.1 Å². The van der Waals surface area contributed by atoms with Crippen molar-refractivity contribution >= 4 is 51.7 Å². The molecule has 0 saturated carbocycles. The normalized spacial score (nSPS) is 11.1. The van der Waals surface area contributed by atoms with Crippen molar-refractivity contribution in [3.8, 4) is 17.3 Å². The number of carbonyl (C=O) groups excluding carboxylic acids is 1. The van der Waals surface area contributed by atoms with E-state index in [1.165, 1.54) is 11.3 Å². The molecule has 2 aromatic carbocycles. The highest BCUT2D eigenvalue weighted by Gasteiger charge is 2.10. The molecular weight excluding hydrogens is 403 g/mol. The topological polar surface area (TPSA) is 91.8 Å². The zero-order valence-corrected chi connectivity index (χ0v) is 16.1. The number of aromatic nitrogens is 1. The second-order valence-corrected chi connectivity index (χ2v) is 7.10. The molecule has 0 atom stereocenters. The zero-order chi connectivity index (χ0) is 19.4. The number of nitrogens with two attached hydrogens (primary N) is 1. The molecule has 0 bridgehead atoms. The summed E-state index contributed by atoms with van der Waals surface area (Å²) in [4.78, 5) is 15.6. The first-order chi connectivity index (χ1) is 13.0. The summed E-state index contributed by atoms with van der Waals surface area (Å²) >= 11 is 13.3. The van der Waals surface area contributed by atoms with E-state index in [1.54, 1.807) is 42.6 Å². The maximum atomic E-state index is 11.1. The smallest absolute Gasteiger partial charge is 0.248 e. The number of anilines is 1. The minimum Gasteiger partial charge on any atom is -0.366 e. The summed E-state index contributed by atoms with van der Waals surface area (Å²) in [7, 11) is 0. The van der Waals surface area contributed by atoms with Crippen LogP contribution < -0.4 is 11.1 Å². The fraction of sp³-hybridized carbons (Fsp3) is 0. The van der Waals surface area contributed by atoms with Crippen LogP contribution >= 0.6 is 34.5 Å². The van der Waals surface area contributed by atoms with E-state index in [9.17, 15) is 10.1 Å². The van der Waals surface area contributed by atoms with Gasteiger partial charge in [0.1, 0.15) is 16.6 Å². The third-order valence-electron chi connectivity index (χ3n) is 3.62. The fourth-order valence-electron chi connectivity index (χ4n) is 2.21. The number of hydrogen-bond acceptors (Lipinski definition) is 5. The van der Waals surface area contributed by atoms with E-state index in [0.29, 0.717) is 37.6 Å². The summed E-state index contributed by atoms with van der Waals surface area (Å²) in [5.41, 5.74) is 8.25. The van der Waals surface area contributed by atoms with Gasteiger partial charge in [0.15, 0.2) is 0 Å². The lowest BCUT2D eigenvalue weighted by atomic mass is 10.2. The maximum absolute atomic E-state index is 11.1. The Hall–Kier alpha value is -2.85. The molecule has 3 N–H and O–H groups in total. The van der Waals surface area contributed by atoms with E-state index in [4.69, 9.17) is 28.9 Å². The molecule has 0 fully saturated rings. The van der Waals surface area contributed by atoms with Crippen LogP contribution in [0.15, 0.2) is 54.0 Å². The zero-order valence-electron chi connectivity index (χ0n) is 13.7. The van der Waals surface area contributed by atoms with Crippen LogP contribution in [0.3, 0.4) is 0 Å². The molecule has 0 saturated heterocycles. The number of allylic oxidation sites excluding steroid dienone is 1. The lowest BCUT2D eigenvalue weighted by molar-refractivity contribution is 0.100. The Labute approximate surface area is 169 Å². The first-order valence-corrected chi connectivity index (χ1v) is 9.29. The fourth-order valence-corrected chi connectivity index (χ4v) is 3.31. The average Bonchev–Trinajstić information content (AvgIpc) is 3.15. The first-order valence-electron chi connectivity index (χ1n) is 7.66. The molecule has 0 aliphatic carbocycles. The quantitative estimate of drug-likeness (QED) is 0.561. The summed E-state index contributed by atoms with van der Waals surface area (Å²) in [6, 6.07) is 14.0. The van der Waals surface area contributed by atoms with Crippen LogP contribution in [0.4, 0.5) is 5.69 Å². The second-order valence-electron chi connectivity index (χ2n) is 5.42. The maximum Gasteiger partial charge on any atom is 0.248 e. The largest absolute Gasteiger partial charge is 0.366 e. The van der Waals surface area contributed by atoms with E-state index in [1.807, 2.05) is 11.4 Å². The number of thiazole rings is 1. The molecule has 8 heteroatoms. The molecule has 1 amide bonds. The van der Waals surface area contributed by atoms with Gasteiger partial charge in [-0.25, -0.2) is 4.98 Å². The predicted octanol–water partition coefficient (Wildman–Crippen LogP) is 5.19. The Kier molecular flexibility index (Phi) is 5.77. The summed E-state index contributed by atoms with van der Waals surface area (Å²) in [6.45, 7) is 0. The molecule has 0 aliphatic heterocycles. The number of halogens is 2. The molecule has 3 aromatic rings. The summed E-state index contributed by atoms with van der Waals surface area (Å²) in [5, 5.41) is 15.8. The van der Waals surface area contributed by atoms with Crippen molar-refractivity contribution in [2.45, 2.75) is 0 Å². The molecule has 27 heavy (non-hydrogen) atoms. The Morgan fingerprint density at radius 1 is 1.19 bits per heavy atom. The molecule has 5 nitrogen and oxygen atoms in total. The molecule has 0 aliphatic rings. The minimum absolute atomic E-state index is 0.380. The van der Waals surface area contributed by atoms with Gasteiger partial charge in [0.25, 0.3) is 0 Å². The molecule has 3 rings (SSSR count). The standard InChI is InChI=1S/C19H12Cl2N4OS/c20-15-6-3-12(7-16(15)21)17-10-27-19(25-17)13(8-22)9-24-14-4-1-11(2-5-14)18(23)26/h1-7,9-10,24H,(H2,23,26)/b13-9+. The van der Waals surface area contributed by atoms with Crippen LogP contribution in [-0.2, 0) is 0 Å². The molecule has 0 radical (unpaired) electrons. The molecule has 134 valence electrons. The van der Waals surface area contributed by atoms with Gasteiger partial charge in [0, 0.05) is 28.4 Å². The molecule has 1 aromatic heterocycles. The van der Waals surface area contributed by atoms with Gasteiger partial charge >= 0.3 is 0 Å². The third kappa shape index (κ3) is 4.47. The number of nitrogens with zero attached hydrogens (tertiary/aromatic N) is 2. The van der Waals surface area contributed by atoms with Crippen molar-refractivity contribution in [2.75, 3.05) is 5.32 Å². The number of rotatable bonds is 5. The number of carbonyl (C=O) groups is 1. The van der Waals surface area contributed by atoms with Crippen LogP contribution in [0.1, 0.15) is 15.4 Å². The van der Waals surface area contributed by atoms with Crippen LogP contribution in [0.5, 0.6) is 0 Å². The van der Waals surface area contributed by atoms with E-state index in [0.717, 1.165) is 5.56 Å². The molecule has 0 unspecified atom stereocenters. The van der Waals surface area contributed by atoms with Crippen molar-refractivity contribution in [3.63, 3.8) is 0 Å². The molecular formula is C19H12Cl2N4OS. The van der Waals surface area contributed by atoms with E-state index < -0.39 is 5.91 Å². The van der Waals surface area contributed by atoms with E-state index in [2.05, 4.69) is 16.4 Å². The highest BCUT2D eigenvalue weighted by atomic mass is 35.5. The summed E-state index contributed by atoms with van der Waals surface area (Å²) in [5.74, 6) is -0.493. The summed E-state index contributed by atoms with van der Waals surface area (Å²) in [6.07, 6.45) is 1.57. The van der Waals surface area contributed by atoms with Crippen LogP contribution in [0, 0.1) is 11.3 Å². The van der Waals surface area contributed by atoms with Gasteiger partial charge in [-0.3, -0.25) is 4.79 Å². The van der Waals surface area contributed by atoms with Gasteiger partial charge in [-0.2, -0.15) is 5.26 Å². The monoisotopic (exact) mass is 414 g/mol. The van der Waals surface area contributed by atoms with Gasteiger partial charge in [0.2, 0.25) is 5.91 Å². The second kappa shape index (κ2) is 8.23. The number of amides is 1. The van der Waals surface area contributed by atoms with Gasteiger partial charge in [-0.1, -0.05) is 29.3 Å². The highest BCUT2D eigenvalue weighted by molar-refractivity contribution is 7.11. The van der Waals surface area contributed by atoms with Crippen molar-refractivity contribution in [3.05, 3.63) is 74.7 Å². The van der Waals surface area contributed by atoms with Gasteiger partial charge in [-0.05, 0) is 36.4 Å². The van der Waals surface area contributed by atoms with Crippen molar-refractivity contribution < 1.29 is 4.79 Å². The SMILES string of the molecule is N#C/C(=C\Nc1ccc(C(N)=O)cc1)c1nc(-c2ccc(Cl)c(Cl)c2)cs1. The van der Waals surface area contributed by atoms with E-state index in [-0.39, 0.29) is 0 Å². The Morgan fingerprint density at radius 2 is 1.93 bits per heavy atom. The lowest BCUT2D eigenvalue weighted by Crippen LogP contribution is -2.10. The number of benzene rings is 2. The van der Waals surface area contributed by atoms with Crippen molar-refractivity contribution in [1.29, 1.82) is 5.26 Å². The molecule has 1 heterocycles. The van der Waals surface area contributed by atoms with Gasteiger partial charge in [0.05, 0.1) is 15.7 Å². The third-order valence-corrected chi connectivity index (χ3v) is 5.24. The first kappa shape index (κ1) is 18.9.